The quantitative estimate of drug-likeness (QED) is 0.509. The van der Waals surface area contributed by atoms with E-state index in [1.54, 1.807) is 12.1 Å². The molecule has 7 nitrogen and oxygen atoms in total. The van der Waals surface area contributed by atoms with Crippen LogP contribution in [0.1, 0.15) is 12.0 Å². The van der Waals surface area contributed by atoms with Gasteiger partial charge >= 0.3 is 5.97 Å². The van der Waals surface area contributed by atoms with Crippen LogP contribution in [-0.2, 0) is 21.5 Å². The molecule has 0 aliphatic carbocycles. The van der Waals surface area contributed by atoms with Crippen LogP contribution < -0.4 is 15.2 Å². The van der Waals surface area contributed by atoms with E-state index in [-0.39, 0.29) is 19.5 Å². The van der Waals surface area contributed by atoms with Crippen molar-refractivity contribution in [3.8, 4) is 0 Å². The van der Waals surface area contributed by atoms with E-state index in [1.165, 1.54) is 0 Å². The normalized spacial score (nSPS) is 13.1. The Balaban J connectivity index is 2.34. The van der Waals surface area contributed by atoms with Crippen LogP contribution in [0.5, 0.6) is 0 Å². The van der Waals surface area contributed by atoms with Gasteiger partial charge in [-0.05, 0) is 12.0 Å². The van der Waals surface area contributed by atoms with Gasteiger partial charge in [-0.1, -0.05) is 30.3 Å². The summed E-state index contributed by atoms with van der Waals surface area (Å²) in [4.78, 5) is 10.4. The van der Waals surface area contributed by atoms with Crippen LogP contribution >= 0.6 is 0 Å². The Morgan fingerprint density at radius 2 is 1.89 bits per heavy atom. The smallest absolute Gasteiger partial charge is 0.320 e. The average Bonchev–Trinajstić information content (AvgIpc) is 2.37. The Labute approximate surface area is 112 Å². The molecule has 1 unspecified atom stereocenters. The second-order valence-electron chi connectivity index (χ2n) is 3.94. The second-order valence-corrected chi connectivity index (χ2v) is 5.52. The highest BCUT2D eigenvalue weighted by molar-refractivity contribution is 7.87. The summed E-state index contributed by atoms with van der Waals surface area (Å²) in [6, 6.07) is 7.97. The molecule has 0 aromatic heterocycles. The van der Waals surface area contributed by atoms with Crippen LogP contribution in [0, 0.1) is 0 Å². The number of hydrogen-bond acceptors (Lipinski definition) is 4. The number of hydrogen-bond donors (Lipinski definition) is 4. The highest BCUT2D eigenvalue weighted by Gasteiger charge is 2.13. The molecule has 1 atom stereocenters. The molecule has 0 aliphatic rings. The zero-order valence-electron chi connectivity index (χ0n) is 10.2. The molecular formula is C11H17N3O4S. The topological polar surface area (TPSA) is 122 Å². The molecule has 0 amide bonds. The first kappa shape index (κ1) is 15.6. The molecule has 0 aliphatic heterocycles. The van der Waals surface area contributed by atoms with Crippen LogP contribution in [0.3, 0.4) is 0 Å². The van der Waals surface area contributed by atoms with Gasteiger partial charge in [-0.25, -0.2) is 4.72 Å². The van der Waals surface area contributed by atoms with E-state index < -0.39 is 22.2 Å². The first-order valence-electron chi connectivity index (χ1n) is 5.67. The Morgan fingerprint density at radius 3 is 2.47 bits per heavy atom. The molecule has 1 aromatic carbocycles. The van der Waals surface area contributed by atoms with Crippen molar-refractivity contribution in [1.82, 2.24) is 9.44 Å². The summed E-state index contributed by atoms with van der Waals surface area (Å²) in [6.07, 6.45) is 0.0293. The van der Waals surface area contributed by atoms with Crippen molar-refractivity contribution in [3.63, 3.8) is 0 Å². The molecule has 0 fully saturated rings. The van der Waals surface area contributed by atoms with E-state index in [0.717, 1.165) is 5.56 Å². The van der Waals surface area contributed by atoms with Crippen molar-refractivity contribution in [2.75, 3.05) is 6.54 Å². The van der Waals surface area contributed by atoms with Crippen molar-refractivity contribution in [2.45, 2.75) is 19.0 Å². The number of nitrogens with two attached hydrogens (primary N) is 1. The minimum Gasteiger partial charge on any atom is -0.480 e. The minimum atomic E-state index is -3.65. The molecular weight excluding hydrogens is 270 g/mol. The number of carboxylic acids is 1. The molecule has 0 bridgehead atoms. The van der Waals surface area contributed by atoms with Crippen molar-refractivity contribution < 1.29 is 18.3 Å². The Kier molecular flexibility index (Phi) is 5.90. The Hall–Kier alpha value is -1.48. The summed E-state index contributed by atoms with van der Waals surface area (Å²) in [5.74, 6) is -1.16. The lowest BCUT2D eigenvalue weighted by atomic mass is 10.2. The molecule has 0 saturated heterocycles. The monoisotopic (exact) mass is 287 g/mol. The zero-order valence-corrected chi connectivity index (χ0v) is 11.1. The van der Waals surface area contributed by atoms with Crippen molar-refractivity contribution >= 4 is 16.2 Å². The Morgan fingerprint density at radius 1 is 1.26 bits per heavy atom. The van der Waals surface area contributed by atoms with Crippen LogP contribution in [0.2, 0.25) is 0 Å². The van der Waals surface area contributed by atoms with Crippen molar-refractivity contribution in [1.29, 1.82) is 0 Å². The van der Waals surface area contributed by atoms with Gasteiger partial charge in [-0.2, -0.15) is 13.1 Å². The molecule has 8 heteroatoms. The summed E-state index contributed by atoms with van der Waals surface area (Å²) in [5.41, 5.74) is 6.08. The van der Waals surface area contributed by atoms with E-state index >= 15 is 0 Å². The second kappa shape index (κ2) is 7.19. The number of aliphatic carboxylic acids is 1. The van der Waals surface area contributed by atoms with Crippen LogP contribution in [0.15, 0.2) is 30.3 Å². The highest BCUT2D eigenvalue weighted by Crippen LogP contribution is 1.98. The van der Waals surface area contributed by atoms with E-state index in [1.807, 2.05) is 18.2 Å². The molecule has 1 rings (SSSR count). The van der Waals surface area contributed by atoms with Crippen LogP contribution in [0.4, 0.5) is 0 Å². The lowest BCUT2D eigenvalue weighted by molar-refractivity contribution is -0.138. The molecule has 5 N–H and O–H groups in total. The number of carbonyl (C=O) groups is 1. The highest BCUT2D eigenvalue weighted by atomic mass is 32.2. The number of rotatable bonds is 8. The third-order valence-electron chi connectivity index (χ3n) is 2.37. The Bertz CT molecular complexity index is 504. The van der Waals surface area contributed by atoms with E-state index in [9.17, 15) is 13.2 Å². The predicted molar refractivity (Wildman–Crippen MR) is 70.4 cm³/mol. The first-order chi connectivity index (χ1) is 8.91. The van der Waals surface area contributed by atoms with Crippen LogP contribution in [-0.4, -0.2) is 32.1 Å². The van der Waals surface area contributed by atoms with Gasteiger partial charge in [0.15, 0.2) is 0 Å². The molecule has 106 valence electrons. The molecule has 0 heterocycles. The zero-order chi connectivity index (χ0) is 14.3. The van der Waals surface area contributed by atoms with Gasteiger partial charge < -0.3 is 10.8 Å². The number of carboxylic acid groups (broad SMARTS) is 1. The van der Waals surface area contributed by atoms with Crippen LogP contribution in [0.25, 0.3) is 0 Å². The maximum Gasteiger partial charge on any atom is 0.320 e. The summed E-state index contributed by atoms with van der Waals surface area (Å²) < 4.78 is 27.7. The van der Waals surface area contributed by atoms with Gasteiger partial charge in [0.25, 0.3) is 10.2 Å². The van der Waals surface area contributed by atoms with Crippen molar-refractivity contribution in [3.05, 3.63) is 35.9 Å². The lowest BCUT2D eigenvalue weighted by Gasteiger charge is -2.09. The minimum absolute atomic E-state index is 0.0293. The SMILES string of the molecule is NC(CCNS(=O)(=O)NCc1ccccc1)C(=O)O. The molecule has 19 heavy (non-hydrogen) atoms. The molecule has 1 aromatic rings. The summed E-state index contributed by atoms with van der Waals surface area (Å²) in [7, 11) is -3.65. The fourth-order valence-electron chi connectivity index (χ4n) is 1.30. The fourth-order valence-corrected chi connectivity index (χ4v) is 2.14. The maximum atomic E-state index is 11.5. The van der Waals surface area contributed by atoms with Gasteiger partial charge in [0.05, 0.1) is 0 Å². The summed E-state index contributed by atoms with van der Waals surface area (Å²) >= 11 is 0. The maximum absolute atomic E-state index is 11.5. The predicted octanol–water partition coefficient (Wildman–Crippen LogP) is -0.587. The van der Waals surface area contributed by atoms with Crippen molar-refractivity contribution in [2.24, 2.45) is 5.73 Å². The number of benzene rings is 1. The van der Waals surface area contributed by atoms with Gasteiger partial charge in [0, 0.05) is 13.1 Å². The van der Waals surface area contributed by atoms with Gasteiger partial charge in [-0.3, -0.25) is 4.79 Å². The fraction of sp³-hybridized carbons (Fsp3) is 0.364. The molecule has 0 spiro atoms. The van der Waals surface area contributed by atoms with E-state index in [4.69, 9.17) is 10.8 Å². The molecule has 0 radical (unpaired) electrons. The first-order valence-corrected chi connectivity index (χ1v) is 7.15. The van der Waals surface area contributed by atoms with Gasteiger partial charge in [0.2, 0.25) is 0 Å². The molecule has 0 saturated carbocycles. The average molecular weight is 287 g/mol. The van der Waals surface area contributed by atoms with E-state index in [2.05, 4.69) is 9.44 Å². The third kappa shape index (κ3) is 6.30. The standard InChI is InChI=1S/C11H17N3O4S/c12-10(11(15)16)6-7-13-19(17,18)14-8-9-4-2-1-3-5-9/h1-5,10,13-14H,6-8,12H2,(H,15,16). The summed E-state index contributed by atoms with van der Waals surface area (Å²) in [5, 5.41) is 8.55. The lowest BCUT2D eigenvalue weighted by Crippen LogP contribution is -2.40. The van der Waals surface area contributed by atoms with E-state index in [0.29, 0.717) is 0 Å². The number of nitrogens with one attached hydrogen (secondary N) is 2. The van der Waals surface area contributed by atoms with Gasteiger partial charge in [0.1, 0.15) is 6.04 Å². The summed E-state index contributed by atoms with van der Waals surface area (Å²) in [6.45, 7) is 0.138. The third-order valence-corrected chi connectivity index (χ3v) is 3.48. The largest absolute Gasteiger partial charge is 0.480 e. The van der Waals surface area contributed by atoms with Gasteiger partial charge in [-0.15, -0.1) is 0 Å².